The van der Waals surface area contributed by atoms with Crippen LogP contribution in [-0.4, -0.2) is 33.7 Å². The fraction of sp³-hybridized carbons (Fsp3) is 0.409. The minimum absolute atomic E-state index is 0.230. The quantitative estimate of drug-likeness (QED) is 0.615. The molecule has 0 saturated carbocycles. The molecule has 0 aliphatic carbocycles. The molecule has 1 fully saturated rings. The zero-order valence-corrected chi connectivity index (χ0v) is 17.1. The van der Waals surface area contributed by atoms with Crippen molar-refractivity contribution in [3.05, 3.63) is 58.4 Å². The second kappa shape index (κ2) is 7.26. The summed E-state index contributed by atoms with van der Waals surface area (Å²) in [5.41, 5.74) is 3.05. The Kier molecular flexibility index (Phi) is 5.15. The molecule has 0 unspecified atom stereocenters. The highest BCUT2D eigenvalue weighted by atomic mass is 16.2. The summed E-state index contributed by atoms with van der Waals surface area (Å²) in [5, 5.41) is 2.75. The van der Waals surface area contributed by atoms with Crippen LogP contribution in [0.5, 0.6) is 0 Å². The molecule has 3 rings (SSSR count). The van der Waals surface area contributed by atoms with Crippen molar-refractivity contribution in [2.24, 2.45) is 0 Å². The summed E-state index contributed by atoms with van der Waals surface area (Å²) in [6.45, 7) is 10.2. The Morgan fingerprint density at radius 3 is 2.36 bits per heavy atom. The van der Waals surface area contributed by atoms with E-state index in [2.05, 4.69) is 16.8 Å². The van der Waals surface area contributed by atoms with E-state index in [1.807, 2.05) is 51.1 Å². The predicted octanol–water partition coefficient (Wildman–Crippen LogP) is 3.47. The Bertz CT molecular complexity index is 943. The van der Waals surface area contributed by atoms with Gasteiger partial charge in [-0.05, 0) is 45.7 Å². The molecule has 1 N–H and O–H groups in total. The third-order valence-corrected chi connectivity index (χ3v) is 5.53. The summed E-state index contributed by atoms with van der Waals surface area (Å²) < 4.78 is 2.09. The highest BCUT2D eigenvalue weighted by Crippen LogP contribution is 2.29. The normalized spacial score (nSPS) is 19.2. The van der Waals surface area contributed by atoms with E-state index >= 15 is 0 Å². The van der Waals surface area contributed by atoms with E-state index in [1.54, 1.807) is 6.92 Å². The zero-order valence-electron chi connectivity index (χ0n) is 17.1. The average molecular weight is 381 g/mol. The van der Waals surface area contributed by atoms with Crippen LogP contribution in [0.3, 0.4) is 0 Å². The van der Waals surface area contributed by atoms with Gasteiger partial charge in [-0.1, -0.05) is 36.8 Å². The molecule has 28 heavy (non-hydrogen) atoms. The number of amides is 3. The lowest BCUT2D eigenvalue weighted by Gasteiger charge is -2.22. The fourth-order valence-electron chi connectivity index (χ4n) is 3.80. The van der Waals surface area contributed by atoms with Gasteiger partial charge in [0.25, 0.3) is 5.91 Å². The minimum atomic E-state index is -1.16. The molecule has 0 spiro atoms. The molecule has 148 valence electrons. The van der Waals surface area contributed by atoms with Crippen molar-refractivity contribution in [1.82, 2.24) is 14.8 Å². The molecule has 2 heterocycles. The van der Waals surface area contributed by atoms with Crippen LogP contribution in [0.25, 0.3) is 0 Å². The highest BCUT2D eigenvalue weighted by molar-refractivity contribution is 6.11. The SMILES string of the molecule is CCCn1c(C)cc(C(=O)CN2C(=O)N[C@](C)(c3ccc(C)cc3)C2=O)c1C. The number of nitrogens with zero attached hydrogens (tertiary/aromatic N) is 2. The van der Waals surface area contributed by atoms with Gasteiger partial charge in [-0.3, -0.25) is 14.5 Å². The number of imide groups is 1. The van der Waals surface area contributed by atoms with Crippen LogP contribution < -0.4 is 5.32 Å². The average Bonchev–Trinajstić information content (AvgIpc) is 3.05. The van der Waals surface area contributed by atoms with E-state index in [9.17, 15) is 14.4 Å². The lowest BCUT2D eigenvalue weighted by molar-refractivity contribution is -0.130. The number of benzene rings is 1. The number of nitrogens with one attached hydrogen (secondary N) is 1. The molecule has 1 aromatic heterocycles. The maximum atomic E-state index is 13.0. The van der Waals surface area contributed by atoms with E-state index in [4.69, 9.17) is 0 Å². The molecule has 1 aromatic carbocycles. The molecule has 6 nitrogen and oxygen atoms in total. The van der Waals surface area contributed by atoms with Gasteiger partial charge >= 0.3 is 6.03 Å². The van der Waals surface area contributed by atoms with Crippen LogP contribution in [0.15, 0.2) is 30.3 Å². The summed E-state index contributed by atoms with van der Waals surface area (Å²) in [6.07, 6.45) is 0.964. The topological polar surface area (TPSA) is 71.4 Å². The van der Waals surface area contributed by atoms with E-state index in [0.29, 0.717) is 11.1 Å². The third kappa shape index (κ3) is 3.23. The first-order chi connectivity index (χ1) is 13.2. The molecule has 3 amide bonds. The van der Waals surface area contributed by atoms with Crippen LogP contribution >= 0.6 is 0 Å². The van der Waals surface area contributed by atoms with Crippen molar-refractivity contribution in [2.45, 2.75) is 53.1 Å². The maximum Gasteiger partial charge on any atom is 0.325 e. The van der Waals surface area contributed by atoms with Crippen molar-refractivity contribution in [3.63, 3.8) is 0 Å². The third-order valence-electron chi connectivity index (χ3n) is 5.53. The molecule has 0 bridgehead atoms. The first-order valence-electron chi connectivity index (χ1n) is 9.60. The van der Waals surface area contributed by atoms with E-state index in [0.717, 1.165) is 34.8 Å². The van der Waals surface area contributed by atoms with E-state index < -0.39 is 17.5 Å². The molecule has 1 saturated heterocycles. The van der Waals surface area contributed by atoms with Gasteiger partial charge in [-0.15, -0.1) is 0 Å². The minimum Gasteiger partial charge on any atom is -0.348 e. The summed E-state index contributed by atoms with van der Waals surface area (Å²) in [5.74, 6) is -0.635. The molecule has 2 aromatic rings. The van der Waals surface area contributed by atoms with Gasteiger partial charge in [-0.25, -0.2) is 4.79 Å². The number of Topliss-reactive ketones (excluding diaryl/α,β-unsaturated/α-hetero) is 1. The van der Waals surface area contributed by atoms with Gasteiger partial charge < -0.3 is 9.88 Å². The monoisotopic (exact) mass is 381 g/mol. The number of hydrogen-bond donors (Lipinski definition) is 1. The number of carbonyl (C=O) groups excluding carboxylic acids is 3. The van der Waals surface area contributed by atoms with Gasteiger partial charge in [0.1, 0.15) is 5.54 Å². The Balaban J connectivity index is 1.84. The van der Waals surface area contributed by atoms with Crippen LogP contribution in [-0.2, 0) is 16.9 Å². The number of hydrogen-bond acceptors (Lipinski definition) is 3. The Hall–Kier alpha value is -2.89. The van der Waals surface area contributed by atoms with Crippen molar-refractivity contribution in [1.29, 1.82) is 0 Å². The lowest BCUT2D eigenvalue weighted by Crippen LogP contribution is -2.41. The van der Waals surface area contributed by atoms with Crippen LogP contribution in [0.2, 0.25) is 0 Å². The van der Waals surface area contributed by atoms with E-state index in [1.165, 1.54) is 0 Å². The Morgan fingerprint density at radius 1 is 1.11 bits per heavy atom. The van der Waals surface area contributed by atoms with Crippen molar-refractivity contribution in [3.8, 4) is 0 Å². The number of ketones is 1. The first-order valence-corrected chi connectivity index (χ1v) is 9.60. The molecular weight excluding hydrogens is 354 g/mol. The van der Waals surface area contributed by atoms with Crippen molar-refractivity contribution < 1.29 is 14.4 Å². The zero-order chi connectivity index (χ0) is 20.6. The number of carbonyl (C=O) groups is 3. The maximum absolute atomic E-state index is 13.0. The van der Waals surface area contributed by atoms with Crippen LogP contribution in [0, 0.1) is 20.8 Å². The lowest BCUT2D eigenvalue weighted by atomic mass is 9.91. The molecule has 0 radical (unpaired) electrons. The number of aromatic nitrogens is 1. The predicted molar refractivity (Wildman–Crippen MR) is 107 cm³/mol. The second-order valence-electron chi connectivity index (χ2n) is 7.67. The number of rotatable bonds is 6. The molecule has 6 heteroatoms. The van der Waals surface area contributed by atoms with Gasteiger partial charge in [0.2, 0.25) is 0 Å². The summed E-state index contributed by atoms with van der Waals surface area (Å²) in [6, 6.07) is 8.76. The van der Waals surface area contributed by atoms with Crippen LogP contribution in [0.1, 0.15) is 53.1 Å². The van der Waals surface area contributed by atoms with E-state index in [-0.39, 0.29) is 12.3 Å². The molecule has 1 aliphatic heterocycles. The standard InChI is InChI=1S/C22H27N3O3/c1-6-11-24-15(3)12-18(16(24)4)19(26)13-25-20(27)22(5,23-21(25)28)17-9-7-14(2)8-10-17/h7-10,12H,6,11,13H2,1-5H3,(H,23,28)/t22-/m1/s1. The van der Waals surface area contributed by atoms with Gasteiger partial charge in [0.15, 0.2) is 5.78 Å². The number of aryl methyl sites for hydroxylation is 2. The molecular formula is C22H27N3O3. The van der Waals surface area contributed by atoms with Crippen molar-refractivity contribution in [2.75, 3.05) is 6.54 Å². The van der Waals surface area contributed by atoms with Gasteiger partial charge in [0.05, 0.1) is 6.54 Å². The smallest absolute Gasteiger partial charge is 0.325 e. The Morgan fingerprint density at radius 2 is 1.75 bits per heavy atom. The first kappa shape index (κ1) is 19.9. The molecule has 1 aliphatic rings. The number of urea groups is 1. The summed E-state index contributed by atoms with van der Waals surface area (Å²) >= 11 is 0. The summed E-state index contributed by atoms with van der Waals surface area (Å²) in [7, 11) is 0. The second-order valence-corrected chi connectivity index (χ2v) is 7.67. The van der Waals surface area contributed by atoms with Crippen molar-refractivity contribution >= 4 is 17.7 Å². The highest BCUT2D eigenvalue weighted by Gasteiger charge is 2.49. The summed E-state index contributed by atoms with van der Waals surface area (Å²) in [4.78, 5) is 39.4. The largest absolute Gasteiger partial charge is 0.348 e. The fourth-order valence-corrected chi connectivity index (χ4v) is 3.80. The van der Waals surface area contributed by atoms with Crippen LogP contribution in [0.4, 0.5) is 4.79 Å². The molecule has 1 atom stereocenters. The Labute approximate surface area is 165 Å². The van der Waals surface area contributed by atoms with Gasteiger partial charge in [-0.2, -0.15) is 0 Å². The van der Waals surface area contributed by atoms with Gasteiger partial charge in [0, 0.05) is 23.5 Å².